The van der Waals surface area contributed by atoms with Gasteiger partial charge in [-0.15, -0.1) is 0 Å². The van der Waals surface area contributed by atoms with Crippen molar-refractivity contribution < 1.29 is 14.3 Å². The van der Waals surface area contributed by atoms with Crippen LogP contribution < -0.4 is 4.90 Å². The molecular formula is C31H28N4O3. The number of aromatic nitrogens is 3. The van der Waals surface area contributed by atoms with Crippen molar-refractivity contribution in [2.24, 2.45) is 0 Å². The first-order chi connectivity index (χ1) is 18.5. The number of hydrogen-bond donors (Lipinski definition) is 0. The molecule has 1 aliphatic heterocycles. The first-order valence-electron chi connectivity index (χ1n) is 12.6. The van der Waals surface area contributed by atoms with Crippen molar-refractivity contribution in [3.63, 3.8) is 0 Å². The lowest BCUT2D eigenvalue weighted by Gasteiger charge is -2.36. The van der Waals surface area contributed by atoms with E-state index >= 15 is 0 Å². The number of methoxy groups -OCH3 is 1. The third kappa shape index (κ3) is 4.01. The van der Waals surface area contributed by atoms with Crippen LogP contribution in [0.2, 0.25) is 0 Å². The molecule has 0 fully saturated rings. The van der Waals surface area contributed by atoms with Crippen molar-refractivity contribution in [3.8, 4) is 0 Å². The molecule has 3 heterocycles. The van der Waals surface area contributed by atoms with Gasteiger partial charge in [-0.3, -0.25) is 14.2 Å². The number of anilines is 1. The summed E-state index contributed by atoms with van der Waals surface area (Å²) in [6.45, 7) is 2.83. The predicted molar refractivity (Wildman–Crippen MR) is 145 cm³/mol. The van der Waals surface area contributed by atoms with Crippen molar-refractivity contribution >= 4 is 17.5 Å². The fourth-order valence-corrected chi connectivity index (χ4v) is 5.45. The molecule has 1 amide bonds. The predicted octanol–water partition coefficient (Wildman–Crippen LogP) is 4.95. The minimum Gasteiger partial charge on any atom is -0.373 e. The maximum Gasteiger partial charge on any atom is 0.279 e. The number of nitrogens with zero attached hydrogens (tertiary/aromatic N) is 4. The highest BCUT2D eigenvalue weighted by Gasteiger charge is 2.37. The number of amides is 1. The Kier molecular flexibility index (Phi) is 5.93. The Bertz CT molecular complexity index is 1570. The Morgan fingerprint density at radius 2 is 1.76 bits per heavy atom. The van der Waals surface area contributed by atoms with Gasteiger partial charge >= 0.3 is 0 Å². The van der Waals surface area contributed by atoms with Crippen molar-refractivity contribution in [3.05, 3.63) is 132 Å². The van der Waals surface area contributed by atoms with Crippen molar-refractivity contribution in [1.29, 1.82) is 0 Å². The SMILES string of the molecule is COC1(C)C=C(C(=O)N2Cc3ccc(C(=O)n4ccnc4)n3Cc3ccccc32)C=CC1c1ccccc1. The van der Waals surface area contributed by atoms with Gasteiger partial charge in [0.05, 0.1) is 18.7 Å². The number of imidazole rings is 1. The van der Waals surface area contributed by atoms with Gasteiger partial charge in [0.1, 0.15) is 12.0 Å². The maximum absolute atomic E-state index is 14.1. The van der Waals surface area contributed by atoms with Gasteiger partial charge in [-0.2, -0.15) is 0 Å². The van der Waals surface area contributed by atoms with E-state index in [1.807, 2.05) is 78.2 Å². The molecule has 2 aromatic carbocycles. The molecule has 0 bridgehead atoms. The maximum atomic E-state index is 14.1. The average molecular weight is 505 g/mol. The molecule has 190 valence electrons. The van der Waals surface area contributed by atoms with E-state index in [1.54, 1.807) is 24.4 Å². The minimum atomic E-state index is -0.683. The summed E-state index contributed by atoms with van der Waals surface area (Å²) in [7, 11) is 1.68. The van der Waals surface area contributed by atoms with E-state index in [9.17, 15) is 9.59 Å². The van der Waals surface area contributed by atoms with E-state index in [-0.39, 0.29) is 17.7 Å². The summed E-state index contributed by atoms with van der Waals surface area (Å²) in [6.07, 6.45) is 10.6. The molecule has 2 atom stereocenters. The summed E-state index contributed by atoms with van der Waals surface area (Å²) in [4.78, 5) is 33.1. The summed E-state index contributed by atoms with van der Waals surface area (Å²) >= 11 is 0. The van der Waals surface area contributed by atoms with E-state index < -0.39 is 5.60 Å². The van der Waals surface area contributed by atoms with Gasteiger partial charge in [0.2, 0.25) is 0 Å². The van der Waals surface area contributed by atoms with Crippen LogP contribution in [0.25, 0.3) is 0 Å². The van der Waals surface area contributed by atoms with Crippen LogP contribution in [0.1, 0.15) is 40.2 Å². The molecule has 2 aliphatic rings. The van der Waals surface area contributed by atoms with Crippen LogP contribution in [-0.4, -0.2) is 38.6 Å². The number of ether oxygens (including phenoxy) is 1. The second-order valence-corrected chi connectivity index (χ2v) is 9.83. The minimum absolute atomic E-state index is 0.0179. The molecule has 6 rings (SSSR count). The van der Waals surface area contributed by atoms with Gasteiger partial charge in [0, 0.05) is 42.4 Å². The lowest BCUT2D eigenvalue weighted by Crippen LogP contribution is -2.38. The fraction of sp³-hybridized carbons (Fsp3) is 0.194. The molecule has 4 aromatic rings. The lowest BCUT2D eigenvalue weighted by atomic mass is 9.78. The highest BCUT2D eigenvalue weighted by Crippen LogP contribution is 2.39. The summed E-state index contributed by atoms with van der Waals surface area (Å²) in [6, 6.07) is 21.8. The smallest absolute Gasteiger partial charge is 0.279 e. The lowest BCUT2D eigenvalue weighted by molar-refractivity contribution is -0.115. The zero-order valence-corrected chi connectivity index (χ0v) is 21.3. The third-order valence-corrected chi connectivity index (χ3v) is 7.58. The topological polar surface area (TPSA) is 69.4 Å². The van der Waals surface area contributed by atoms with E-state index in [2.05, 4.69) is 23.2 Å². The number of carbonyl (C=O) groups is 2. The second kappa shape index (κ2) is 9.43. The van der Waals surface area contributed by atoms with Crippen molar-refractivity contribution in [2.75, 3.05) is 12.0 Å². The van der Waals surface area contributed by atoms with Gasteiger partial charge in [-0.1, -0.05) is 60.7 Å². The van der Waals surface area contributed by atoms with Crippen LogP contribution in [0.5, 0.6) is 0 Å². The number of carbonyl (C=O) groups excluding carboxylic acids is 2. The molecule has 0 saturated heterocycles. The van der Waals surface area contributed by atoms with Crippen LogP contribution in [-0.2, 0) is 22.6 Å². The fourth-order valence-electron chi connectivity index (χ4n) is 5.45. The highest BCUT2D eigenvalue weighted by atomic mass is 16.5. The van der Waals surface area contributed by atoms with Crippen LogP contribution in [0, 0.1) is 0 Å². The van der Waals surface area contributed by atoms with Crippen LogP contribution in [0.3, 0.4) is 0 Å². The summed E-state index contributed by atoms with van der Waals surface area (Å²) in [5.74, 6) is -0.289. The number of hydrogen-bond acceptors (Lipinski definition) is 4. The van der Waals surface area contributed by atoms with Gasteiger partial charge in [0.15, 0.2) is 0 Å². The first-order valence-corrected chi connectivity index (χ1v) is 12.6. The molecule has 0 N–H and O–H groups in total. The number of rotatable bonds is 4. The Hall–Kier alpha value is -4.49. The Balaban J connectivity index is 1.37. The normalized spacial score (nSPS) is 20.3. The molecule has 2 aromatic heterocycles. The largest absolute Gasteiger partial charge is 0.373 e. The standard InChI is InChI=1S/C31H28N4O3/c1-31(38-2)18-23(12-14-26(31)22-8-4-3-5-9-22)29(36)35-20-25-13-15-28(30(37)33-17-16-32-21-33)34(25)19-24-10-6-7-11-27(24)35/h3-18,21,26H,19-20H2,1-2H3. The van der Waals surface area contributed by atoms with Crippen LogP contribution in [0.15, 0.2) is 109 Å². The summed E-state index contributed by atoms with van der Waals surface area (Å²) in [5.41, 5.74) is 4.26. The molecule has 0 spiro atoms. The van der Waals surface area contributed by atoms with Gasteiger partial charge in [0.25, 0.3) is 11.8 Å². The molecule has 1 aliphatic carbocycles. The van der Waals surface area contributed by atoms with E-state index in [0.717, 1.165) is 22.5 Å². The quantitative estimate of drug-likeness (QED) is 0.394. The van der Waals surface area contributed by atoms with E-state index in [1.165, 1.54) is 10.9 Å². The zero-order valence-electron chi connectivity index (χ0n) is 21.3. The number of benzene rings is 2. The molecule has 7 nitrogen and oxygen atoms in total. The third-order valence-electron chi connectivity index (χ3n) is 7.58. The highest BCUT2D eigenvalue weighted by molar-refractivity contribution is 6.08. The number of para-hydroxylation sites is 1. The van der Waals surface area contributed by atoms with Crippen molar-refractivity contribution in [1.82, 2.24) is 14.1 Å². The van der Waals surface area contributed by atoms with E-state index in [4.69, 9.17) is 4.74 Å². The zero-order chi connectivity index (χ0) is 26.3. The molecule has 0 radical (unpaired) electrons. The van der Waals surface area contributed by atoms with E-state index in [0.29, 0.717) is 24.4 Å². The Morgan fingerprint density at radius 3 is 2.53 bits per heavy atom. The second-order valence-electron chi connectivity index (χ2n) is 9.83. The van der Waals surface area contributed by atoms with Crippen molar-refractivity contribution in [2.45, 2.75) is 31.5 Å². The molecule has 2 unspecified atom stereocenters. The molecule has 0 saturated carbocycles. The average Bonchev–Trinajstić information content (AvgIpc) is 3.60. The molecule has 38 heavy (non-hydrogen) atoms. The number of fused-ring (bicyclic) bond motifs is 2. The molecule has 7 heteroatoms. The van der Waals surface area contributed by atoms with Gasteiger partial charge < -0.3 is 14.2 Å². The van der Waals surface area contributed by atoms with Crippen LogP contribution in [0.4, 0.5) is 5.69 Å². The monoisotopic (exact) mass is 504 g/mol. The summed E-state index contributed by atoms with van der Waals surface area (Å²) in [5, 5.41) is 0. The first kappa shape index (κ1) is 23.9. The molecular weight excluding hydrogens is 476 g/mol. The summed E-state index contributed by atoms with van der Waals surface area (Å²) < 4.78 is 9.44. The Morgan fingerprint density at radius 1 is 0.974 bits per heavy atom. The van der Waals surface area contributed by atoms with Gasteiger partial charge in [-0.05, 0) is 42.3 Å². The van der Waals surface area contributed by atoms with Crippen LogP contribution >= 0.6 is 0 Å². The van der Waals surface area contributed by atoms with Gasteiger partial charge in [-0.25, -0.2) is 4.98 Å². The Labute approximate surface area is 221 Å².